The summed E-state index contributed by atoms with van der Waals surface area (Å²) in [4.78, 5) is 25.5. The number of anilines is 1. The van der Waals surface area contributed by atoms with Crippen molar-refractivity contribution in [2.75, 3.05) is 51.8 Å². The van der Waals surface area contributed by atoms with Crippen LogP contribution >= 0.6 is 0 Å². The van der Waals surface area contributed by atoms with Crippen LogP contribution in [0, 0.1) is 10.1 Å². The molecule has 28 heavy (non-hydrogen) atoms. The second-order valence-electron chi connectivity index (χ2n) is 7.03. The van der Waals surface area contributed by atoms with Gasteiger partial charge in [0, 0.05) is 51.5 Å². The van der Waals surface area contributed by atoms with Gasteiger partial charge in [0.1, 0.15) is 5.69 Å². The first-order valence-corrected chi connectivity index (χ1v) is 9.58. The minimum Gasteiger partial charge on any atom is -0.383 e. The highest BCUT2D eigenvalue weighted by atomic mass is 16.6. The first-order valence-electron chi connectivity index (χ1n) is 9.58. The SMILES string of the molecule is COCCNc1ccc(C(=O)NCCCN2CC(C)OC(C)C2)cc1[N+](=O)[O-]. The average Bonchev–Trinajstić information content (AvgIpc) is 2.64. The zero-order chi connectivity index (χ0) is 20.5. The number of hydrogen-bond donors (Lipinski definition) is 2. The van der Waals surface area contributed by atoms with Gasteiger partial charge in [0.05, 0.1) is 23.7 Å². The summed E-state index contributed by atoms with van der Waals surface area (Å²) < 4.78 is 10.6. The summed E-state index contributed by atoms with van der Waals surface area (Å²) in [6.07, 6.45) is 1.24. The van der Waals surface area contributed by atoms with E-state index in [1.165, 1.54) is 6.07 Å². The Bertz CT molecular complexity index is 660. The number of nitrogens with zero attached hydrogens (tertiary/aromatic N) is 2. The van der Waals surface area contributed by atoms with E-state index < -0.39 is 4.92 Å². The molecule has 1 aromatic rings. The lowest BCUT2D eigenvalue weighted by atomic mass is 10.1. The molecule has 0 spiro atoms. The molecule has 9 heteroatoms. The Kier molecular flexibility index (Phi) is 8.62. The van der Waals surface area contributed by atoms with E-state index in [-0.39, 0.29) is 29.4 Å². The third-order valence-corrected chi connectivity index (χ3v) is 4.51. The fourth-order valence-electron chi connectivity index (χ4n) is 3.33. The van der Waals surface area contributed by atoms with Gasteiger partial charge in [-0.05, 0) is 32.4 Å². The molecule has 1 heterocycles. The van der Waals surface area contributed by atoms with Crippen molar-refractivity contribution in [3.8, 4) is 0 Å². The number of nitrogens with one attached hydrogen (secondary N) is 2. The van der Waals surface area contributed by atoms with E-state index in [4.69, 9.17) is 9.47 Å². The number of methoxy groups -OCH3 is 1. The number of amides is 1. The number of rotatable bonds is 10. The van der Waals surface area contributed by atoms with Gasteiger partial charge >= 0.3 is 0 Å². The summed E-state index contributed by atoms with van der Waals surface area (Å²) in [6.45, 7) is 8.17. The number of carbonyl (C=O) groups is 1. The lowest BCUT2D eigenvalue weighted by Gasteiger charge is -2.35. The van der Waals surface area contributed by atoms with Crippen molar-refractivity contribution < 1.29 is 19.2 Å². The standard InChI is InChI=1S/C19H30N4O5/c1-14-12-22(13-15(2)28-14)9-4-7-21-19(24)16-5-6-17(20-8-10-27-3)18(11-16)23(25)26/h5-6,11,14-15,20H,4,7-10,12-13H2,1-3H3,(H,21,24). The second kappa shape index (κ2) is 10.9. The number of carbonyl (C=O) groups excluding carboxylic acids is 1. The zero-order valence-electron chi connectivity index (χ0n) is 16.8. The molecule has 156 valence electrons. The van der Waals surface area contributed by atoms with Crippen molar-refractivity contribution in [1.29, 1.82) is 0 Å². The molecule has 1 amide bonds. The normalized spacial score (nSPS) is 20.0. The van der Waals surface area contributed by atoms with Crippen LogP contribution in [0.3, 0.4) is 0 Å². The second-order valence-corrected chi connectivity index (χ2v) is 7.03. The first-order chi connectivity index (χ1) is 13.4. The number of nitro groups is 1. The number of nitro benzene ring substituents is 1. The van der Waals surface area contributed by atoms with E-state index in [1.807, 2.05) is 0 Å². The summed E-state index contributed by atoms with van der Waals surface area (Å²) in [5.41, 5.74) is 0.520. The molecule has 2 rings (SSSR count). The summed E-state index contributed by atoms with van der Waals surface area (Å²) in [6, 6.07) is 4.44. The van der Waals surface area contributed by atoms with E-state index in [2.05, 4.69) is 29.4 Å². The van der Waals surface area contributed by atoms with Gasteiger partial charge < -0.3 is 20.1 Å². The van der Waals surface area contributed by atoms with Crippen LogP contribution in [0.5, 0.6) is 0 Å². The third-order valence-electron chi connectivity index (χ3n) is 4.51. The molecule has 0 radical (unpaired) electrons. The van der Waals surface area contributed by atoms with E-state index in [0.717, 1.165) is 26.1 Å². The van der Waals surface area contributed by atoms with Gasteiger partial charge in [-0.15, -0.1) is 0 Å². The molecule has 2 unspecified atom stereocenters. The van der Waals surface area contributed by atoms with Gasteiger partial charge in [-0.25, -0.2) is 0 Å². The van der Waals surface area contributed by atoms with Crippen molar-refractivity contribution in [1.82, 2.24) is 10.2 Å². The molecule has 1 aliphatic heterocycles. The first kappa shape index (κ1) is 22.1. The predicted octanol–water partition coefficient (Wildman–Crippen LogP) is 1.88. The Morgan fingerprint density at radius 2 is 2.04 bits per heavy atom. The molecule has 0 saturated carbocycles. The lowest BCUT2D eigenvalue weighted by Crippen LogP contribution is -2.46. The predicted molar refractivity (Wildman–Crippen MR) is 107 cm³/mol. The smallest absolute Gasteiger partial charge is 0.293 e. The Morgan fingerprint density at radius 1 is 1.32 bits per heavy atom. The Balaban J connectivity index is 1.84. The average molecular weight is 394 g/mol. The van der Waals surface area contributed by atoms with Gasteiger partial charge in [-0.2, -0.15) is 0 Å². The third kappa shape index (κ3) is 6.74. The molecule has 2 N–H and O–H groups in total. The Morgan fingerprint density at radius 3 is 2.68 bits per heavy atom. The van der Waals surface area contributed by atoms with Gasteiger partial charge in [0.25, 0.3) is 11.6 Å². The maximum absolute atomic E-state index is 12.3. The molecular formula is C19H30N4O5. The van der Waals surface area contributed by atoms with Crippen LogP contribution in [0.2, 0.25) is 0 Å². The van der Waals surface area contributed by atoms with E-state index in [1.54, 1.807) is 19.2 Å². The molecule has 1 aromatic carbocycles. The molecule has 1 fully saturated rings. The highest BCUT2D eigenvalue weighted by molar-refractivity contribution is 5.95. The summed E-state index contributed by atoms with van der Waals surface area (Å²) in [5.74, 6) is -0.310. The van der Waals surface area contributed by atoms with Gasteiger partial charge in [-0.3, -0.25) is 19.8 Å². The van der Waals surface area contributed by atoms with Gasteiger partial charge in [0.15, 0.2) is 0 Å². The minimum atomic E-state index is -0.493. The van der Waals surface area contributed by atoms with Crippen molar-refractivity contribution >= 4 is 17.3 Å². The van der Waals surface area contributed by atoms with Crippen LogP contribution in [0.15, 0.2) is 18.2 Å². The van der Waals surface area contributed by atoms with Crippen molar-refractivity contribution in [3.63, 3.8) is 0 Å². The highest BCUT2D eigenvalue weighted by Crippen LogP contribution is 2.25. The van der Waals surface area contributed by atoms with Crippen molar-refractivity contribution in [3.05, 3.63) is 33.9 Å². The van der Waals surface area contributed by atoms with E-state index >= 15 is 0 Å². The molecular weight excluding hydrogens is 364 g/mol. The van der Waals surface area contributed by atoms with E-state index in [9.17, 15) is 14.9 Å². The Hall–Kier alpha value is -2.23. The van der Waals surface area contributed by atoms with Crippen LogP contribution in [-0.4, -0.2) is 74.4 Å². The van der Waals surface area contributed by atoms with Crippen LogP contribution in [0.1, 0.15) is 30.6 Å². The van der Waals surface area contributed by atoms with Crippen LogP contribution in [0.25, 0.3) is 0 Å². The number of hydrogen-bond acceptors (Lipinski definition) is 7. The molecule has 9 nitrogen and oxygen atoms in total. The molecule has 0 aliphatic carbocycles. The zero-order valence-corrected chi connectivity index (χ0v) is 16.8. The minimum absolute atomic E-state index is 0.125. The fraction of sp³-hybridized carbons (Fsp3) is 0.632. The molecule has 0 aromatic heterocycles. The molecule has 1 saturated heterocycles. The molecule has 1 aliphatic rings. The molecule has 0 bridgehead atoms. The topological polar surface area (TPSA) is 106 Å². The molecule has 2 atom stereocenters. The fourth-order valence-corrected chi connectivity index (χ4v) is 3.33. The number of morpholine rings is 1. The van der Waals surface area contributed by atoms with Crippen LogP contribution < -0.4 is 10.6 Å². The lowest BCUT2D eigenvalue weighted by molar-refractivity contribution is -0.384. The van der Waals surface area contributed by atoms with Crippen LogP contribution in [0.4, 0.5) is 11.4 Å². The van der Waals surface area contributed by atoms with E-state index in [0.29, 0.717) is 25.4 Å². The highest BCUT2D eigenvalue weighted by Gasteiger charge is 2.21. The maximum atomic E-state index is 12.3. The number of benzene rings is 1. The van der Waals surface area contributed by atoms with Gasteiger partial charge in [0.2, 0.25) is 0 Å². The van der Waals surface area contributed by atoms with Gasteiger partial charge in [-0.1, -0.05) is 0 Å². The summed E-state index contributed by atoms with van der Waals surface area (Å²) in [5, 5.41) is 17.1. The Labute approximate surface area is 165 Å². The van der Waals surface area contributed by atoms with Crippen molar-refractivity contribution in [2.45, 2.75) is 32.5 Å². The maximum Gasteiger partial charge on any atom is 0.293 e. The van der Waals surface area contributed by atoms with Crippen LogP contribution in [-0.2, 0) is 9.47 Å². The monoisotopic (exact) mass is 394 g/mol. The van der Waals surface area contributed by atoms with Crippen molar-refractivity contribution in [2.24, 2.45) is 0 Å². The quantitative estimate of drug-likeness (QED) is 0.354. The number of ether oxygens (including phenoxy) is 2. The largest absolute Gasteiger partial charge is 0.383 e. The summed E-state index contributed by atoms with van der Waals surface area (Å²) >= 11 is 0. The summed E-state index contributed by atoms with van der Waals surface area (Å²) in [7, 11) is 1.56.